The molecule has 164 valence electrons. The van der Waals surface area contributed by atoms with Gasteiger partial charge in [-0.1, -0.05) is 27.2 Å². The fraction of sp³-hybridized carbons (Fsp3) is 1.00. The highest BCUT2D eigenvalue weighted by molar-refractivity contribution is 7.81. The molecule has 4 bridgehead atoms. The van der Waals surface area contributed by atoms with Gasteiger partial charge in [-0.3, -0.25) is 0 Å². The zero-order valence-electron chi connectivity index (χ0n) is 19.2. The van der Waals surface area contributed by atoms with E-state index in [0.29, 0.717) is 33.3 Å². The molecule has 1 nitrogen and oxygen atoms in total. The SMILES string of the molecule is BC12C(N)C3C(S)CCCC3C3C(CCC(C)(C)CC[C@]4(C)CC(S)C[C@@H]14)CC32. The Balaban J connectivity index is 1.61. The maximum Gasteiger partial charge on any atom is 0.112 e. The van der Waals surface area contributed by atoms with Gasteiger partial charge in [0.05, 0.1) is 0 Å². The van der Waals surface area contributed by atoms with Crippen molar-refractivity contribution in [1.82, 2.24) is 0 Å². The molecule has 2 N–H and O–H groups in total. The lowest BCUT2D eigenvalue weighted by molar-refractivity contribution is -0.128. The molecule has 0 aromatic rings. The van der Waals surface area contributed by atoms with Crippen molar-refractivity contribution in [2.24, 2.45) is 52.1 Å². The lowest BCUT2D eigenvalue weighted by Crippen LogP contribution is -2.68. The average molecular weight is 434 g/mol. The summed E-state index contributed by atoms with van der Waals surface area (Å²) >= 11 is 10.2. The molecule has 0 amide bonds. The van der Waals surface area contributed by atoms with Gasteiger partial charge in [0.15, 0.2) is 0 Å². The van der Waals surface area contributed by atoms with Crippen LogP contribution in [0.1, 0.15) is 85.0 Å². The molecule has 0 heterocycles. The summed E-state index contributed by atoms with van der Waals surface area (Å²) in [5.41, 5.74) is 8.25. The first-order chi connectivity index (χ1) is 13.6. The molecule has 5 saturated carbocycles. The van der Waals surface area contributed by atoms with Crippen molar-refractivity contribution in [3.63, 3.8) is 0 Å². The first-order valence-corrected chi connectivity index (χ1v) is 13.7. The molecule has 5 fully saturated rings. The van der Waals surface area contributed by atoms with Crippen LogP contribution in [0.2, 0.25) is 5.31 Å². The quantitative estimate of drug-likeness (QED) is 0.346. The minimum absolute atomic E-state index is 0.279. The highest BCUT2D eigenvalue weighted by Gasteiger charge is 2.67. The smallest absolute Gasteiger partial charge is 0.112 e. The van der Waals surface area contributed by atoms with Crippen LogP contribution in [0.15, 0.2) is 0 Å². The van der Waals surface area contributed by atoms with Gasteiger partial charge in [-0.2, -0.15) is 25.3 Å². The van der Waals surface area contributed by atoms with Gasteiger partial charge in [-0.15, -0.1) is 0 Å². The van der Waals surface area contributed by atoms with Gasteiger partial charge in [0.25, 0.3) is 0 Å². The van der Waals surface area contributed by atoms with Crippen LogP contribution in [-0.2, 0) is 0 Å². The first kappa shape index (κ1) is 21.6. The maximum absolute atomic E-state index is 7.37. The average Bonchev–Trinajstić information content (AvgIpc) is 2.92. The van der Waals surface area contributed by atoms with Gasteiger partial charge in [-0.05, 0) is 109 Å². The molecule has 29 heavy (non-hydrogen) atoms. The van der Waals surface area contributed by atoms with E-state index in [4.69, 9.17) is 31.0 Å². The van der Waals surface area contributed by atoms with Crippen LogP contribution in [0.5, 0.6) is 0 Å². The van der Waals surface area contributed by atoms with Crippen LogP contribution in [0.25, 0.3) is 0 Å². The highest BCUT2D eigenvalue weighted by atomic mass is 32.1. The van der Waals surface area contributed by atoms with Crippen LogP contribution in [0.4, 0.5) is 0 Å². The van der Waals surface area contributed by atoms with Crippen LogP contribution < -0.4 is 5.73 Å². The van der Waals surface area contributed by atoms with E-state index in [9.17, 15) is 0 Å². The van der Waals surface area contributed by atoms with Crippen molar-refractivity contribution in [3.8, 4) is 0 Å². The summed E-state index contributed by atoms with van der Waals surface area (Å²) in [5, 5.41) is 1.36. The summed E-state index contributed by atoms with van der Waals surface area (Å²) in [7, 11) is 2.65. The topological polar surface area (TPSA) is 26.0 Å². The van der Waals surface area contributed by atoms with Gasteiger partial charge in [0.1, 0.15) is 7.85 Å². The molecule has 9 unspecified atom stereocenters. The second-order valence-corrected chi connectivity index (χ2v) is 14.7. The van der Waals surface area contributed by atoms with Crippen molar-refractivity contribution < 1.29 is 0 Å². The Morgan fingerprint density at radius 1 is 0.931 bits per heavy atom. The number of fused-ring (bicyclic) bond motifs is 3. The molecular formula is C25H44BNS2. The Bertz CT molecular complexity index is 655. The van der Waals surface area contributed by atoms with E-state index in [0.717, 1.165) is 29.6 Å². The molecule has 0 saturated heterocycles. The number of nitrogens with two attached hydrogens (primary N) is 1. The zero-order chi connectivity index (χ0) is 20.8. The van der Waals surface area contributed by atoms with E-state index >= 15 is 0 Å². The van der Waals surface area contributed by atoms with E-state index in [1.807, 2.05) is 0 Å². The Kier molecular flexibility index (Phi) is 5.29. The summed E-state index contributed by atoms with van der Waals surface area (Å²) in [4.78, 5) is 0. The van der Waals surface area contributed by atoms with E-state index in [1.54, 1.807) is 0 Å². The summed E-state index contributed by atoms with van der Waals surface area (Å²) < 4.78 is 0. The van der Waals surface area contributed by atoms with E-state index in [-0.39, 0.29) is 5.31 Å². The number of hydrogen-bond donors (Lipinski definition) is 3. The fourth-order valence-electron chi connectivity index (χ4n) is 9.67. The molecule has 0 aliphatic heterocycles. The summed E-state index contributed by atoms with van der Waals surface area (Å²) in [6, 6.07) is 0.328. The molecule has 0 aromatic carbocycles. The highest BCUT2D eigenvalue weighted by Crippen LogP contribution is 2.73. The molecule has 0 spiro atoms. The molecule has 11 atom stereocenters. The minimum Gasteiger partial charge on any atom is -0.328 e. The lowest BCUT2D eigenvalue weighted by atomic mass is 9.31. The molecule has 5 rings (SSSR count). The van der Waals surface area contributed by atoms with Crippen molar-refractivity contribution in [3.05, 3.63) is 0 Å². The van der Waals surface area contributed by atoms with Crippen LogP contribution >= 0.6 is 25.3 Å². The van der Waals surface area contributed by atoms with Crippen molar-refractivity contribution in [2.45, 2.75) is 107 Å². The van der Waals surface area contributed by atoms with Gasteiger partial charge in [0.2, 0.25) is 0 Å². The standard InChI is InChI=1S/C25H44BNS2/c1-23(2)8-7-14-11-17-20(14)16-5-4-6-18(29)21(16)22(27)25(17,26)19-12-15(28)13-24(19,3)10-9-23/h14-22,28-29H,4-13,26-27H2,1-3H3/t14?,15?,16?,17?,18?,19-,20?,21?,22?,24-,25?/m1/s1. The summed E-state index contributed by atoms with van der Waals surface area (Å²) in [5.74, 6) is 4.95. The molecule has 5 aliphatic rings. The third kappa shape index (κ3) is 3.15. The second-order valence-electron chi connectivity index (χ2n) is 13.3. The third-order valence-corrected chi connectivity index (χ3v) is 12.3. The minimum atomic E-state index is 0.279. The fourth-order valence-corrected chi connectivity index (χ4v) is 10.9. The summed E-state index contributed by atoms with van der Waals surface area (Å²) in [6.07, 6.45) is 13.7. The van der Waals surface area contributed by atoms with Crippen molar-refractivity contribution >= 4 is 33.1 Å². The Hall–Kier alpha value is 0.725. The van der Waals surface area contributed by atoms with E-state index in [1.165, 1.54) is 64.2 Å². The summed E-state index contributed by atoms with van der Waals surface area (Å²) in [6.45, 7) is 7.70. The number of hydrogen-bond acceptors (Lipinski definition) is 3. The van der Waals surface area contributed by atoms with Crippen LogP contribution in [-0.4, -0.2) is 24.4 Å². The predicted octanol–water partition coefficient (Wildman–Crippen LogP) is 5.40. The Morgan fingerprint density at radius 2 is 1.69 bits per heavy atom. The Labute approximate surface area is 191 Å². The molecule has 5 aliphatic carbocycles. The van der Waals surface area contributed by atoms with Gasteiger partial charge in [-0.25, -0.2) is 0 Å². The largest absolute Gasteiger partial charge is 0.328 e. The Morgan fingerprint density at radius 3 is 2.45 bits per heavy atom. The number of thiol groups is 2. The normalized spacial score (nSPS) is 59.0. The van der Waals surface area contributed by atoms with Gasteiger partial charge >= 0.3 is 0 Å². The van der Waals surface area contributed by atoms with Crippen LogP contribution in [0.3, 0.4) is 0 Å². The monoisotopic (exact) mass is 433 g/mol. The van der Waals surface area contributed by atoms with Crippen molar-refractivity contribution in [2.75, 3.05) is 0 Å². The second kappa shape index (κ2) is 7.11. The predicted molar refractivity (Wildman–Crippen MR) is 134 cm³/mol. The third-order valence-electron chi connectivity index (χ3n) is 11.3. The maximum atomic E-state index is 7.37. The number of rotatable bonds is 0. The zero-order valence-corrected chi connectivity index (χ0v) is 21.0. The van der Waals surface area contributed by atoms with E-state index < -0.39 is 0 Å². The first-order valence-electron chi connectivity index (χ1n) is 12.7. The molecular weight excluding hydrogens is 389 g/mol. The molecule has 4 heteroatoms. The molecule has 0 aromatic heterocycles. The van der Waals surface area contributed by atoms with Crippen molar-refractivity contribution in [1.29, 1.82) is 0 Å². The van der Waals surface area contributed by atoms with Crippen LogP contribution in [0, 0.1) is 46.3 Å². The molecule has 0 radical (unpaired) electrons. The van der Waals surface area contributed by atoms with Gasteiger partial charge in [0, 0.05) is 16.5 Å². The van der Waals surface area contributed by atoms with Gasteiger partial charge < -0.3 is 5.73 Å². The van der Waals surface area contributed by atoms with E-state index in [2.05, 4.69) is 28.6 Å². The lowest BCUT2D eigenvalue weighted by Gasteiger charge is -2.69.